The zero-order valence-corrected chi connectivity index (χ0v) is 15.8. The fraction of sp³-hybridized carbons (Fsp3) is 0.136. The summed E-state index contributed by atoms with van der Waals surface area (Å²) in [5.41, 5.74) is -1.04. The third-order valence-corrected chi connectivity index (χ3v) is 4.92. The normalized spacial score (nSPS) is 11.9. The van der Waals surface area contributed by atoms with E-state index in [0.717, 1.165) is 10.6 Å². The van der Waals surface area contributed by atoms with Crippen molar-refractivity contribution in [1.29, 1.82) is 5.26 Å². The largest absolute Gasteiger partial charge is 0.494 e. The maximum absolute atomic E-state index is 14.2. The van der Waals surface area contributed by atoms with Crippen molar-refractivity contribution in [3.8, 4) is 23.4 Å². The summed E-state index contributed by atoms with van der Waals surface area (Å²) in [6.07, 6.45) is 0. The molecule has 1 N–H and O–H groups in total. The Balaban J connectivity index is 1.87. The van der Waals surface area contributed by atoms with E-state index in [1.165, 1.54) is 25.1 Å². The fourth-order valence-corrected chi connectivity index (χ4v) is 3.37. The Morgan fingerprint density at radius 3 is 2.70 bits per heavy atom. The van der Waals surface area contributed by atoms with Crippen LogP contribution in [0.3, 0.4) is 0 Å². The van der Waals surface area contributed by atoms with E-state index in [0.29, 0.717) is 17.1 Å². The Bertz CT molecular complexity index is 1290. The van der Waals surface area contributed by atoms with Crippen molar-refractivity contribution in [1.82, 2.24) is 4.57 Å². The zero-order chi connectivity index (χ0) is 21.4. The molecule has 0 saturated heterocycles. The molecule has 30 heavy (non-hydrogen) atoms. The van der Waals surface area contributed by atoms with Crippen LogP contribution in [0, 0.1) is 24.1 Å². The van der Waals surface area contributed by atoms with Crippen LogP contribution < -0.4 is 15.0 Å². The van der Waals surface area contributed by atoms with Crippen molar-refractivity contribution in [2.75, 3.05) is 6.79 Å². The van der Waals surface area contributed by atoms with Gasteiger partial charge in [-0.05, 0) is 42.3 Å². The number of aromatic nitrogens is 1. The number of aromatic hydroxyl groups is 1. The molecule has 2 aromatic carbocycles. The highest BCUT2D eigenvalue weighted by Crippen LogP contribution is 2.33. The second kappa shape index (κ2) is 7.37. The van der Waals surface area contributed by atoms with Crippen LogP contribution in [0.1, 0.15) is 32.6 Å². The topological polar surface area (TPSA) is 102 Å². The minimum absolute atomic E-state index is 0.00445. The molecule has 3 aromatic rings. The van der Waals surface area contributed by atoms with Gasteiger partial charge in [0.2, 0.25) is 18.5 Å². The van der Waals surface area contributed by atoms with Crippen LogP contribution in [0.25, 0.3) is 0 Å². The molecular formula is C22H15FN2O5. The third-order valence-electron chi connectivity index (χ3n) is 4.92. The van der Waals surface area contributed by atoms with Crippen LogP contribution in [0.2, 0.25) is 0 Å². The van der Waals surface area contributed by atoms with Crippen LogP contribution in [-0.4, -0.2) is 22.2 Å². The van der Waals surface area contributed by atoms with Gasteiger partial charge in [0, 0.05) is 0 Å². The van der Waals surface area contributed by atoms with Gasteiger partial charge in [-0.1, -0.05) is 18.2 Å². The summed E-state index contributed by atoms with van der Waals surface area (Å²) in [4.78, 5) is 25.8. The molecule has 0 unspecified atom stereocenters. The SMILES string of the molecule is Cc1c(C(=O)c2ccccc2F)c(O)n(Cc2ccc3c(c2)OCO3)c(=O)c1C#N. The molecule has 0 fully saturated rings. The lowest BCUT2D eigenvalue weighted by molar-refractivity contribution is 0.103. The van der Waals surface area contributed by atoms with Crippen molar-refractivity contribution in [3.05, 3.63) is 86.5 Å². The van der Waals surface area contributed by atoms with E-state index in [9.17, 15) is 24.3 Å². The molecule has 1 aliphatic heterocycles. The first kappa shape index (κ1) is 19.2. The molecule has 150 valence electrons. The number of fused-ring (bicyclic) bond motifs is 1. The lowest BCUT2D eigenvalue weighted by Crippen LogP contribution is -2.27. The second-order valence-corrected chi connectivity index (χ2v) is 6.70. The third kappa shape index (κ3) is 3.06. The van der Waals surface area contributed by atoms with Crippen molar-refractivity contribution in [3.63, 3.8) is 0 Å². The number of benzene rings is 2. The number of nitrogens with zero attached hydrogens (tertiary/aromatic N) is 2. The molecule has 1 aliphatic rings. The van der Waals surface area contributed by atoms with E-state index in [1.807, 2.05) is 0 Å². The van der Waals surface area contributed by atoms with Crippen molar-refractivity contribution in [2.24, 2.45) is 0 Å². The van der Waals surface area contributed by atoms with E-state index in [1.54, 1.807) is 24.3 Å². The molecule has 0 saturated carbocycles. The molecule has 7 nitrogen and oxygen atoms in total. The maximum atomic E-state index is 14.2. The number of ether oxygens (including phenoxy) is 2. The number of halogens is 1. The summed E-state index contributed by atoms with van der Waals surface area (Å²) in [6.45, 7) is 1.32. The average Bonchev–Trinajstić information content (AvgIpc) is 3.19. The molecule has 0 spiro atoms. The lowest BCUT2D eigenvalue weighted by atomic mass is 9.97. The molecule has 0 bridgehead atoms. The Hall–Kier alpha value is -4.12. The predicted octanol–water partition coefficient (Wildman–Crippen LogP) is 2.88. The Kier molecular flexibility index (Phi) is 4.72. The summed E-state index contributed by atoms with van der Waals surface area (Å²) in [5.74, 6) is -1.20. The molecule has 0 atom stereocenters. The highest BCUT2D eigenvalue weighted by molar-refractivity contribution is 6.11. The van der Waals surface area contributed by atoms with Gasteiger partial charge in [0.1, 0.15) is 17.4 Å². The fourth-order valence-electron chi connectivity index (χ4n) is 3.37. The van der Waals surface area contributed by atoms with Gasteiger partial charge in [-0.25, -0.2) is 4.39 Å². The van der Waals surface area contributed by atoms with Gasteiger partial charge in [-0.2, -0.15) is 5.26 Å². The number of pyridine rings is 1. The summed E-state index contributed by atoms with van der Waals surface area (Å²) in [6, 6.07) is 12.1. The molecule has 4 rings (SSSR count). The Labute approximate surface area is 170 Å². The van der Waals surface area contributed by atoms with Gasteiger partial charge < -0.3 is 14.6 Å². The van der Waals surface area contributed by atoms with E-state index >= 15 is 0 Å². The van der Waals surface area contributed by atoms with Crippen LogP contribution in [0.4, 0.5) is 4.39 Å². The molecule has 0 amide bonds. The van der Waals surface area contributed by atoms with Gasteiger partial charge in [-0.3, -0.25) is 14.2 Å². The van der Waals surface area contributed by atoms with Gasteiger partial charge in [0.15, 0.2) is 11.5 Å². The minimum atomic E-state index is -0.820. The minimum Gasteiger partial charge on any atom is -0.494 e. The number of carbonyl (C=O) groups excluding carboxylic acids is 1. The van der Waals surface area contributed by atoms with E-state index < -0.39 is 23.0 Å². The first-order valence-electron chi connectivity index (χ1n) is 8.96. The average molecular weight is 406 g/mol. The van der Waals surface area contributed by atoms with Gasteiger partial charge in [-0.15, -0.1) is 0 Å². The first-order chi connectivity index (χ1) is 14.4. The molecular weight excluding hydrogens is 391 g/mol. The molecule has 0 radical (unpaired) electrons. The first-order valence-corrected chi connectivity index (χ1v) is 8.96. The highest BCUT2D eigenvalue weighted by atomic mass is 19.1. The summed E-state index contributed by atoms with van der Waals surface area (Å²) >= 11 is 0. The maximum Gasteiger partial charge on any atom is 0.271 e. The Morgan fingerprint density at radius 1 is 1.23 bits per heavy atom. The number of rotatable bonds is 4. The smallest absolute Gasteiger partial charge is 0.271 e. The van der Waals surface area contributed by atoms with Crippen molar-refractivity contribution >= 4 is 5.78 Å². The van der Waals surface area contributed by atoms with E-state index in [4.69, 9.17) is 9.47 Å². The Morgan fingerprint density at radius 2 is 1.97 bits per heavy atom. The highest BCUT2D eigenvalue weighted by Gasteiger charge is 2.26. The van der Waals surface area contributed by atoms with Crippen LogP contribution in [0.5, 0.6) is 17.4 Å². The summed E-state index contributed by atoms with van der Waals surface area (Å²) in [5, 5.41) is 20.3. The van der Waals surface area contributed by atoms with E-state index in [2.05, 4.69) is 0 Å². The van der Waals surface area contributed by atoms with Crippen molar-refractivity contribution in [2.45, 2.75) is 13.5 Å². The lowest BCUT2D eigenvalue weighted by Gasteiger charge is -2.16. The van der Waals surface area contributed by atoms with Crippen LogP contribution in [-0.2, 0) is 6.54 Å². The number of nitriles is 1. The van der Waals surface area contributed by atoms with Crippen LogP contribution in [0.15, 0.2) is 47.3 Å². The van der Waals surface area contributed by atoms with Gasteiger partial charge in [0.25, 0.3) is 5.56 Å². The summed E-state index contributed by atoms with van der Waals surface area (Å²) < 4.78 is 25.6. The number of hydrogen-bond acceptors (Lipinski definition) is 6. The quantitative estimate of drug-likeness (QED) is 0.669. The molecule has 8 heteroatoms. The number of ketones is 1. The number of carbonyl (C=O) groups is 1. The molecule has 1 aromatic heterocycles. The monoisotopic (exact) mass is 406 g/mol. The standard InChI is InChI=1S/C22H15FN2O5/c1-12-15(9-24)21(27)25(10-13-6-7-17-18(8-13)30-11-29-17)22(28)19(12)20(26)14-4-2-3-5-16(14)23/h2-8,28H,10-11H2,1H3. The summed E-state index contributed by atoms with van der Waals surface area (Å²) in [7, 11) is 0. The van der Waals surface area contributed by atoms with E-state index in [-0.39, 0.29) is 35.6 Å². The molecule has 2 heterocycles. The molecule has 0 aliphatic carbocycles. The van der Waals surface area contributed by atoms with Crippen molar-refractivity contribution < 1.29 is 23.8 Å². The zero-order valence-electron chi connectivity index (χ0n) is 15.8. The number of hydrogen-bond donors (Lipinski definition) is 1. The van der Waals surface area contributed by atoms with Crippen LogP contribution >= 0.6 is 0 Å². The van der Waals surface area contributed by atoms with Gasteiger partial charge >= 0.3 is 0 Å². The van der Waals surface area contributed by atoms with Gasteiger partial charge in [0.05, 0.1) is 17.7 Å². The predicted molar refractivity (Wildman–Crippen MR) is 103 cm³/mol. The second-order valence-electron chi connectivity index (χ2n) is 6.70.